The molecule has 138 valence electrons. The topological polar surface area (TPSA) is 111 Å². The highest BCUT2D eigenvalue weighted by molar-refractivity contribution is 7.99. The molecule has 0 radical (unpaired) electrons. The van der Waals surface area contributed by atoms with E-state index in [2.05, 4.69) is 15.5 Å². The summed E-state index contributed by atoms with van der Waals surface area (Å²) in [7, 11) is 0. The smallest absolute Gasteiger partial charge is 0.277 e. The second-order valence-electron chi connectivity index (χ2n) is 5.83. The van der Waals surface area contributed by atoms with Gasteiger partial charge >= 0.3 is 0 Å². The van der Waals surface area contributed by atoms with E-state index in [1.54, 1.807) is 19.1 Å². The summed E-state index contributed by atoms with van der Waals surface area (Å²) in [6.45, 7) is 3.63. The Balaban J connectivity index is 1.59. The van der Waals surface area contributed by atoms with Crippen molar-refractivity contribution in [2.75, 3.05) is 11.1 Å². The van der Waals surface area contributed by atoms with Crippen LogP contribution in [0.25, 0.3) is 11.5 Å². The van der Waals surface area contributed by atoms with Crippen LogP contribution in [0.3, 0.4) is 0 Å². The maximum Gasteiger partial charge on any atom is 0.277 e. The highest BCUT2D eigenvalue weighted by Gasteiger charge is 2.14. The molecule has 0 bridgehead atoms. The van der Waals surface area contributed by atoms with E-state index < -0.39 is 4.92 Å². The van der Waals surface area contributed by atoms with Gasteiger partial charge in [0.2, 0.25) is 11.8 Å². The summed E-state index contributed by atoms with van der Waals surface area (Å²) in [5.41, 5.74) is 2.78. The molecule has 27 heavy (non-hydrogen) atoms. The molecule has 8 nitrogen and oxygen atoms in total. The van der Waals surface area contributed by atoms with Gasteiger partial charge in [0.25, 0.3) is 10.9 Å². The van der Waals surface area contributed by atoms with E-state index in [-0.39, 0.29) is 22.6 Å². The maximum absolute atomic E-state index is 12.1. The lowest BCUT2D eigenvalue weighted by atomic mass is 10.1. The molecule has 1 amide bonds. The van der Waals surface area contributed by atoms with E-state index in [4.69, 9.17) is 4.42 Å². The van der Waals surface area contributed by atoms with Gasteiger partial charge in [-0.2, -0.15) is 0 Å². The summed E-state index contributed by atoms with van der Waals surface area (Å²) >= 11 is 1.09. The average molecular weight is 384 g/mol. The first-order valence-corrected chi connectivity index (χ1v) is 8.99. The van der Waals surface area contributed by atoms with Crippen LogP contribution in [0.1, 0.15) is 11.1 Å². The number of aryl methyl sites for hydroxylation is 2. The molecule has 0 atom stereocenters. The van der Waals surface area contributed by atoms with Crippen molar-refractivity contribution in [3.8, 4) is 11.5 Å². The number of nitro groups is 1. The highest BCUT2D eigenvalue weighted by atomic mass is 32.2. The first kappa shape index (κ1) is 18.6. The van der Waals surface area contributed by atoms with Crippen molar-refractivity contribution in [1.82, 2.24) is 10.2 Å². The Kier molecular flexibility index (Phi) is 5.51. The lowest BCUT2D eigenvalue weighted by Crippen LogP contribution is -2.14. The third kappa shape index (κ3) is 4.70. The Morgan fingerprint density at radius 1 is 1.19 bits per heavy atom. The van der Waals surface area contributed by atoms with Crippen LogP contribution in [-0.4, -0.2) is 26.8 Å². The van der Waals surface area contributed by atoms with E-state index in [1.165, 1.54) is 6.07 Å². The van der Waals surface area contributed by atoms with Crippen molar-refractivity contribution >= 4 is 29.0 Å². The summed E-state index contributed by atoms with van der Waals surface area (Å²) in [4.78, 5) is 22.6. The van der Waals surface area contributed by atoms with Crippen molar-refractivity contribution < 1.29 is 14.1 Å². The van der Waals surface area contributed by atoms with Gasteiger partial charge in [0.05, 0.1) is 10.7 Å². The predicted molar refractivity (Wildman–Crippen MR) is 102 cm³/mol. The number of carbonyl (C=O) groups excluding carboxylic acids is 1. The minimum absolute atomic E-state index is 0.0389. The third-order valence-corrected chi connectivity index (χ3v) is 4.54. The number of anilines is 1. The van der Waals surface area contributed by atoms with Crippen molar-refractivity contribution in [2.45, 2.75) is 19.1 Å². The van der Waals surface area contributed by atoms with Gasteiger partial charge in [0, 0.05) is 22.9 Å². The zero-order valence-corrected chi connectivity index (χ0v) is 15.4. The van der Waals surface area contributed by atoms with Crippen molar-refractivity contribution in [2.24, 2.45) is 0 Å². The summed E-state index contributed by atoms with van der Waals surface area (Å²) < 4.78 is 5.55. The molecule has 0 saturated heterocycles. The number of nitrogens with zero attached hydrogens (tertiary/aromatic N) is 3. The largest absolute Gasteiger partial charge is 0.411 e. The van der Waals surface area contributed by atoms with Gasteiger partial charge in [-0.25, -0.2) is 0 Å². The molecule has 0 aliphatic rings. The van der Waals surface area contributed by atoms with Crippen LogP contribution in [-0.2, 0) is 4.79 Å². The lowest BCUT2D eigenvalue weighted by molar-refractivity contribution is -0.385. The number of nitrogens with one attached hydrogen (secondary N) is 1. The quantitative estimate of drug-likeness (QED) is 0.388. The zero-order chi connectivity index (χ0) is 19.4. The third-order valence-electron chi connectivity index (χ3n) is 3.72. The van der Waals surface area contributed by atoms with Gasteiger partial charge in [-0.15, -0.1) is 10.2 Å². The van der Waals surface area contributed by atoms with Gasteiger partial charge in [-0.05, 0) is 32.0 Å². The van der Waals surface area contributed by atoms with Gasteiger partial charge in [-0.3, -0.25) is 14.9 Å². The second-order valence-corrected chi connectivity index (χ2v) is 6.76. The van der Waals surface area contributed by atoms with Crippen LogP contribution in [0.5, 0.6) is 0 Å². The first-order chi connectivity index (χ1) is 12.9. The Hall–Kier alpha value is -3.20. The minimum atomic E-state index is -0.481. The number of nitro benzene ring substituents is 1. The molecular weight excluding hydrogens is 368 g/mol. The van der Waals surface area contributed by atoms with Gasteiger partial charge in [0.1, 0.15) is 0 Å². The summed E-state index contributed by atoms with van der Waals surface area (Å²) in [6.07, 6.45) is 0. The molecule has 3 rings (SSSR count). The van der Waals surface area contributed by atoms with E-state index in [0.717, 1.165) is 22.9 Å². The fourth-order valence-electron chi connectivity index (χ4n) is 2.29. The number of thioether (sulfide) groups is 1. The number of rotatable bonds is 6. The number of hydrogen-bond donors (Lipinski definition) is 1. The monoisotopic (exact) mass is 384 g/mol. The Bertz CT molecular complexity index is 985. The molecular formula is C18H16N4O4S. The number of aromatic nitrogens is 2. The van der Waals surface area contributed by atoms with Crippen molar-refractivity contribution in [1.29, 1.82) is 0 Å². The molecule has 0 unspecified atom stereocenters. The lowest BCUT2D eigenvalue weighted by Gasteiger charge is -2.05. The Labute approximate surface area is 159 Å². The molecule has 0 saturated carbocycles. The molecule has 0 fully saturated rings. The van der Waals surface area contributed by atoms with Crippen LogP contribution in [0.4, 0.5) is 11.4 Å². The molecule has 1 N–H and O–H groups in total. The van der Waals surface area contributed by atoms with Crippen molar-refractivity contribution in [3.63, 3.8) is 0 Å². The van der Waals surface area contributed by atoms with Crippen LogP contribution in [0, 0.1) is 24.0 Å². The summed E-state index contributed by atoms with van der Waals surface area (Å²) in [5, 5.41) is 21.8. The Morgan fingerprint density at radius 2 is 1.93 bits per heavy atom. The predicted octanol–water partition coefficient (Wildman–Crippen LogP) is 3.99. The fourth-order valence-corrected chi connectivity index (χ4v) is 2.85. The van der Waals surface area contributed by atoms with E-state index >= 15 is 0 Å². The summed E-state index contributed by atoms with van der Waals surface area (Å²) in [6, 6.07) is 12.2. The van der Waals surface area contributed by atoms with E-state index in [9.17, 15) is 14.9 Å². The van der Waals surface area contributed by atoms with Crippen LogP contribution in [0.2, 0.25) is 0 Å². The minimum Gasteiger partial charge on any atom is -0.411 e. The van der Waals surface area contributed by atoms with Crippen molar-refractivity contribution in [3.05, 3.63) is 63.7 Å². The summed E-state index contributed by atoms with van der Waals surface area (Å²) in [5.74, 6) is 0.0947. The van der Waals surface area contributed by atoms with E-state index in [1.807, 2.05) is 31.2 Å². The molecule has 0 spiro atoms. The number of hydrogen-bond acceptors (Lipinski definition) is 7. The molecule has 2 aromatic carbocycles. The Morgan fingerprint density at radius 3 is 2.63 bits per heavy atom. The normalized spacial score (nSPS) is 10.6. The average Bonchev–Trinajstić information content (AvgIpc) is 3.11. The van der Waals surface area contributed by atoms with E-state index in [0.29, 0.717) is 17.1 Å². The second kappa shape index (κ2) is 8.00. The number of carbonyl (C=O) groups is 1. The maximum atomic E-state index is 12.1. The van der Waals surface area contributed by atoms with Crippen LogP contribution in [0.15, 0.2) is 52.1 Å². The van der Waals surface area contributed by atoms with Crippen LogP contribution >= 0.6 is 11.8 Å². The number of benzene rings is 2. The molecule has 0 aliphatic heterocycles. The number of amides is 1. The van der Waals surface area contributed by atoms with Gasteiger partial charge in [-0.1, -0.05) is 35.5 Å². The molecule has 1 heterocycles. The fraction of sp³-hybridized carbons (Fsp3) is 0.167. The molecule has 9 heteroatoms. The molecule has 1 aromatic heterocycles. The SMILES string of the molecule is Cc1ccc(-c2nnc(SCC(=O)Nc3ccc(C)c([N+](=O)[O-])c3)o2)cc1. The van der Waals surface area contributed by atoms with Crippen LogP contribution < -0.4 is 5.32 Å². The molecule has 3 aromatic rings. The standard InChI is InChI=1S/C18H16N4O4S/c1-11-3-6-13(7-4-11)17-20-21-18(26-17)27-10-16(23)19-14-8-5-12(2)15(9-14)22(24)25/h3-9H,10H2,1-2H3,(H,19,23). The first-order valence-electron chi connectivity index (χ1n) is 8.00. The molecule has 0 aliphatic carbocycles. The highest BCUT2D eigenvalue weighted by Crippen LogP contribution is 2.25. The zero-order valence-electron chi connectivity index (χ0n) is 14.6. The van der Waals surface area contributed by atoms with Gasteiger partial charge in [0.15, 0.2) is 0 Å². The van der Waals surface area contributed by atoms with Gasteiger partial charge < -0.3 is 9.73 Å².